The van der Waals surface area contributed by atoms with Gasteiger partial charge in [0.2, 0.25) is 23.6 Å². The van der Waals surface area contributed by atoms with E-state index in [-0.39, 0.29) is 30.1 Å². The molecule has 1 aliphatic heterocycles. The van der Waals surface area contributed by atoms with E-state index in [0.29, 0.717) is 31.4 Å². The van der Waals surface area contributed by atoms with E-state index in [1.807, 2.05) is 32.0 Å². The number of nitrogens with zero attached hydrogens (tertiary/aromatic N) is 3. The monoisotopic (exact) mass is 819 g/mol. The van der Waals surface area contributed by atoms with E-state index in [9.17, 15) is 33.9 Å². The van der Waals surface area contributed by atoms with Crippen LogP contribution in [0.4, 0.5) is 4.79 Å². The molecule has 16 heteroatoms. The van der Waals surface area contributed by atoms with Crippen molar-refractivity contribution in [3.63, 3.8) is 0 Å². The normalized spacial score (nSPS) is 18.9. The molecule has 10 atom stereocenters. The lowest BCUT2D eigenvalue weighted by atomic mass is 9.89. The largest absolute Gasteiger partial charge is 0.479 e. The van der Waals surface area contributed by atoms with Crippen molar-refractivity contribution in [2.24, 2.45) is 23.7 Å². The zero-order valence-electron chi connectivity index (χ0n) is 36.5. The van der Waals surface area contributed by atoms with Crippen LogP contribution < -0.4 is 10.6 Å². The number of rotatable bonds is 22. The fourth-order valence-corrected chi connectivity index (χ4v) is 7.92. The second-order valence-corrected chi connectivity index (χ2v) is 16.2. The second-order valence-electron chi connectivity index (χ2n) is 16.2. The van der Waals surface area contributed by atoms with Gasteiger partial charge in [0, 0.05) is 34.9 Å². The van der Waals surface area contributed by atoms with Crippen molar-refractivity contribution >= 4 is 35.7 Å². The number of carboxylic acids is 1. The number of hydrogen-bond donors (Lipinski definition) is 4. The predicted molar refractivity (Wildman–Crippen MR) is 217 cm³/mol. The maximum atomic E-state index is 14.4. The third kappa shape index (κ3) is 13.1. The summed E-state index contributed by atoms with van der Waals surface area (Å²) in [6, 6.07) is 5.43. The van der Waals surface area contributed by atoms with Gasteiger partial charge in [0.05, 0.1) is 48.8 Å². The van der Waals surface area contributed by atoms with Gasteiger partial charge in [0.1, 0.15) is 12.1 Å². The van der Waals surface area contributed by atoms with Crippen LogP contribution in [-0.2, 0) is 38.2 Å². The Hall–Kier alpha value is -4.28. The van der Waals surface area contributed by atoms with E-state index in [4.69, 9.17) is 19.3 Å². The number of benzene rings is 1. The van der Waals surface area contributed by atoms with Gasteiger partial charge in [-0.15, -0.1) is 0 Å². The number of methoxy groups -OCH3 is 2. The summed E-state index contributed by atoms with van der Waals surface area (Å²) in [4.78, 5) is 83.7. The lowest BCUT2D eigenvalue weighted by Crippen LogP contribution is -2.60. The van der Waals surface area contributed by atoms with Crippen LogP contribution in [0.25, 0.3) is 0 Å². The molecule has 16 nitrogen and oxygen atoms in total. The molecule has 58 heavy (non-hydrogen) atoms. The van der Waals surface area contributed by atoms with E-state index >= 15 is 0 Å². The summed E-state index contributed by atoms with van der Waals surface area (Å²) in [5, 5.41) is 25.5. The van der Waals surface area contributed by atoms with Gasteiger partial charge in [-0.05, 0) is 43.1 Å². The average Bonchev–Trinajstić information content (AvgIpc) is 3.67. The smallest absolute Gasteiger partial charge is 0.410 e. The Balaban J connectivity index is 2.27. The molecule has 0 spiro atoms. The molecular weight excluding hydrogens is 750 g/mol. The van der Waals surface area contributed by atoms with E-state index in [2.05, 4.69) is 10.6 Å². The summed E-state index contributed by atoms with van der Waals surface area (Å²) in [7, 11) is 5.98. The molecular formula is C42H69N5O11. The molecule has 328 valence electrons. The molecule has 0 saturated carbocycles. The van der Waals surface area contributed by atoms with Crippen molar-refractivity contribution in [1.82, 2.24) is 25.3 Å². The minimum absolute atomic E-state index is 0.0612. The Kier molecular flexibility index (Phi) is 20.1. The first-order chi connectivity index (χ1) is 27.2. The van der Waals surface area contributed by atoms with Crippen molar-refractivity contribution in [3.8, 4) is 0 Å². The number of ether oxygens (including phenoxy) is 3. The molecule has 0 aliphatic carbocycles. The molecule has 1 aromatic rings. The quantitative estimate of drug-likeness (QED) is 0.133. The number of aliphatic hydroxyl groups excluding tert-OH is 1. The first kappa shape index (κ1) is 49.9. The van der Waals surface area contributed by atoms with Crippen LogP contribution in [0.1, 0.15) is 92.7 Å². The first-order valence-corrected chi connectivity index (χ1v) is 20.3. The average molecular weight is 820 g/mol. The highest BCUT2D eigenvalue weighted by atomic mass is 16.6. The molecule has 4 N–H and O–H groups in total. The number of aliphatic hydroxyl groups is 1. The molecule has 0 bridgehead atoms. The number of likely N-dealkylation sites (N-methyl/N-ethyl adjacent to an activating group) is 2. The van der Waals surface area contributed by atoms with Crippen LogP contribution in [0, 0.1) is 23.7 Å². The van der Waals surface area contributed by atoms with Gasteiger partial charge in [-0.1, -0.05) is 85.2 Å². The number of hydrogen-bond acceptors (Lipinski definition) is 10. The molecule has 1 fully saturated rings. The van der Waals surface area contributed by atoms with Gasteiger partial charge < -0.3 is 44.9 Å². The molecule has 0 unspecified atom stereocenters. The Labute approximate surface area is 344 Å². The van der Waals surface area contributed by atoms with Crippen molar-refractivity contribution in [3.05, 3.63) is 35.9 Å². The van der Waals surface area contributed by atoms with E-state index < -0.39 is 90.8 Å². The topological polar surface area (TPSA) is 204 Å². The number of nitrogens with one attached hydrogen (secondary N) is 2. The Morgan fingerprint density at radius 3 is 2.02 bits per heavy atom. The van der Waals surface area contributed by atoms with Crippen LogP contribution in [0.2, 0.25) is 0 Å². The van der Waals surface area contributed by atoms with Crippen molar-refractivity contribution in [2.75, 3.05) is 41.5 Å². The molecule has 1 saturated heterocycles. The first-order valence-electron chi connectivity index (χ1n) is 20.3. The van der Waals surface area contributed by atoms with Gasteiger partial charge in [-0.2, -0.15) is 0 Å². The Bertz CT molecular complexity index is 1510. The van der Waals surface area contributed by atoms with Crippen LogP contribution in [-0.4, -0.2) is 144 Å². The molecule has 0 radical (unpaired) electrons. The Morgan fingerprint density at radius 2 is 1.50 bits per heavy atom. The highest BCUT2D eigenvalue weighted by Crippen LogP contribution is 2.30. The van der Waals surface area contributed by atoms with Crippen molar-refractivity contribution < 1.29 is 53.2 Å². The van der Waals surface area contributed by atoms with Crippen LogP contribution in [0.3, 0.4) is 0 Å². The van der Waals surface area contributed by atoms with Gasteiger partial charge in [-0.3, -0.25) is 24.1 Å². The summed E-state index contributed by atoms with van der Waals surface area (Å²) in [6.45, 7) is 14.0. The van der Waals surface area contributed by atoms with E-state index in [0.717, 1.165) is 4.90 Å². The molecule has 0 aromatic heterocycles. The SMILES string of the molecule is CC[C@H](C)[C@@H]([C@@H](CC(=O)N1CCC[C@H]1[C@H](OC)[C@@H](C)C(=O)N[C@H](C)[C@@H](O)c1ccccc1)OC)N(C)C(=O)[C@@H](NC(=O)[C@H](C(C)C)N(C)C(=O)OCC(=O)O)C(C)C. The zero-order chi connectivity index (χ0) is 44.0. The summed E-state index contributed by atoms with van der Waals surface area (Å²) in [5.74, 6) is -4.46. The Morgan fingerprint density at radius 1 is 0.879 bits per heavy atom. The van der Waals surface area contributed by atoms with Crippen LogP contribution >= 0.6 is 0 Å². The summed E-state index contributed by atoms with van der Waals surface area (Å²) in [5.41, 5.74) is 0.682. The van der Waals surface area contributed by atoms with Gasteiger partial charge in [0.25, 0.3) is 0 Å². The number of aliphatic carboxylic acids is 1. The maximum absolute atomic E-state index is 14.4. The van der Waals surface area contributed by atoms with Crippen LogP contribution in [0.15, 0.2) is 30.3 Å². The predicted octanol–water partition coefficient (Wildman–Crippen LogP) is 3.46. The van der Waals surface area contributed by atoms with E-state index in [1.54, 1.807) is 65.6 Å². The standard InChI is InChI=1S/C42H69N5O11/c1-13-26(6)36(45(9)41(54)34(24(2)3)44-40(53)35(25(4)5)46(10)42(55)58-23-33(49)50)31(56-11)22-32(48)47-21-17-20-30(47)38(57-12)27(7)39(52)43-28(8)37(51)29-18-15-14-16-19-29/h14-16,18-19,24-28,30-31,34-38,51H,13,17,20-23H2,1-12H3,(H,43,52)(H,44,53)(H,49,50)/t26-,27+,28+,30-,31+,34-,35-,36-,37+,38+/m0/s1. The number of amides is 5. The third-order valence-electron chi connectivity index (χ3n) is 11.4. The number of carbonyl (C=O) groups excluding carboxylic acids is 5. The molecule has 1 heterocycles. The highest BCUT2D eigenvalue weighted by Gasteiger charge is 2.43. The van der Waals surface area contributed by atoms with Crippen molar-refractivity contribution in [1.29, 1.82) is 0 Å². The van der Waals surface area contributed by atoms with Gasteiger partial charge in [-0.25, -0.2) is 9.59 Å². The number of carbonyl (C=O) groups is 6. The van der Waals surface area contributed by atoms with Gasteiger partial charge in [0.15, 0.2) is 6.61 Å². The molecule has 1 aromatic carbocycles. The van der Waals surface area contributed by atoms with Gasteiger partial charge >= 0.3 is 12.1 Å². The summed E-state index contributed by atoms with van der Waals surface area (Å²) >= 11 is 0. The van der Waals surface area contributed by atoms with Crippen molar-refractivity contribution in [2.45, 2.75) is 130 Å². The summed E-state index contributed by atoms with van der Waals surface area (Å²) in [6.07, 6.45) is -1.36. The van der Waals surface area contributed by atoms with Crippen LogP contribution in [0.5, 0.6) is 0 Å². The summed E-state index contributed by atoms with van der Waals surface area (Å²) < 4.78 is 16.7. The minimum Gasteiger partial charge on any atom is -0.479 e. The fourth-order valence-electron chi connectivity index (χ4n) is 7.92. The lowest BCUT2D eigenvalue weighted by Gasteiger charge is -2.41. The maximum Gasteiger partial charge on any atom is 0.410 e. The minimum atomic E-state index is -1.34. The number of carboxylic acid groups (broad SMARTS) is 1. The molecule has 5 amide bonds. The van der Waals surface area contributed by atoms with E-state index in [1.165, 1.54) is 26.2 Å². The zero-order valence-corrected chi connectivity index (χ0v) is 36.5. The second kappa shape index (κ2) is 23.3. The highest BCUT2D eigenvalue weighted by molar-refractivity contribution is 5.92. The fraction of sp³-hybridized carbons (Fsp3) is 0.714. The third-order valence-corrected chi connectivity index (χ3v) is 11.4. The number of likely N-dealkylation sites (tertiary alicyclic amines) is 1. The lowest BCUT2D eigenvalue weighted by molar-refractivity contribution is -0.148. The molecule has 1 aliphatic rings. The molecule has 2 rings (SSSR count).